The van der Waals surface area contributed by atoms with Gasteiger partial charge in [-0.15, -0.1) is 0 Å². The summed E-state index contributed by atoms with van der Waals surface area (Å²) < 4.78 is 18.0. The summed E-state index contributed by atoms with van der Waals surface area (Å²) in [5.41, 5.74) is 1.62. The molecule has 0 aliphatic rings. The molecule has 0 atom stereocenters. The van der Waals surface area contributed by atoms with Gasteiger partial charge >= 0.3 is 6.03 Å². The van der Waals surface area contributed by atoms with Gasteiger partial charge in [-0.1, -0.05) is 11.6 Å². The van der Waals surface area contributed by atoms with E-state index in [0.717, 1.165) is 4.90 Å². The van der Waals surface area contributed by atoms with Gasteiger partial charge in [-0.05, 0) is 68.3 Å². The van der Waals surface area contributed by atoms with Crippen molar-refractivity contribution in [1.29, 1.82) is 0 Å². The number of carbonyl (C=O) groups excluding carboxylic acids is 2. The summed E-state index contributed by atoms with van der Waals surface area (Å²) in [7, 11) is 1.72. The van der Waals surface area contributed by atoms with Gasteiger partial charge in [0.2, 0.25) is 0 Å². The van der Waals surface area contributed by atoms with Gasteiger partial charge < -0.3 is 15.2 Å². The zero-order valence-corrected chi connectivity index (χ0v) is 17.6. The van der Waals surface area contributed by atoms with Gasteiger partial charge in [-0.3, -0.25) is 9.52 Å². The van der Waals surface area contributed by atoms with Crippen molar-refractivity contribution in [3.63, 3.8) is 0 Å². The van der Waals surface area contributed by atoms with E-state index in [2.05, 4.69) is 15.4 Å². The third kappa shape index (κ3) is 4.83. The van der Waals surface area contributed by atoms with Crippen LogP contribution >= 0.6 is 23.5 Å². The van der Waals surface area contributed by atoms with E-state index in [1.807, 2.05) is 13.8 Å². The van der Waals surface area contributed by atoms with E-state index in [4.69, 9.17) is 11.6 Å². The molecule has 3 aromatic rings. The van der Waals surface area contributed by atoms with Gasteiger partial charge in [-0.2, -0.15) is 0 Å². The molecule has 1 heterocycles. The van der Waals surface area contributed by atoms with Crippen LogP contribution in [0.5, 0.6) is 0 Å². The predicted octanol–water partition coefficient (Wildman–Crippen LogP) is 4.94. The minimum Gasteiger partial charge on any atom is -0.340 e. The molecule has 0 saturated carbocycles. The van der Waals surface area contributed by atoms with E-state index in [9.17, 15) is 14.0 Å². The van der Waals surface area contributed by atoms with E-state index in [0.29, 0.717) is 22.3 Å². The molecular formula is C20H20ClFN4O2S. The molecule has 3 N–H and O–H groups in total. The summed E-state index contributed by atoms with van der Waals surface area (Å²) in [6.07, 6.45) is 0. The second-order valence-corrected chi connectivity index (χ2v) is 7.95. The Morgan fingerprint density at radius 2 is 1.83 bits per heavy atom. The maximum Gasteiger partial charge on any atom is 0.325 e. The van der Waals surface area contributed by atoms with Crippen LogP contribution in [-0.2, 0) is 7.05 Å². The van der Waals surface area contributed by atoms with Crippen LogP contribution in [0.25, 0.3) is 10.9 Å². The zero-order chi connectivity index (χ0) is 21.1. The predicted molar refractivity (Wildman–Crippen MR) is 115 cm³/mol. The molecule has 1 aromatic heterocycles. The Balaban J connectivity index is 1.68. The van der Waals surface area contributed by atoms with Gasteiger partial charge in [0, 0.05) is 29.1 Å². The molecule has 3 rings (SSSR count). The van der Waals surface area contributed by atoms with Gasteiger partial charge in [-0.25, -0.2) is 9.18 Å². The van der Waals surface area contributed by atoms with Crippen molar-refractivity contribution in [3.05, 3.63) is 59.0 Å². The minimum atomic E-state index is -0.527. The van der Waals surface area contributed by atoms with Crippen LogP contribution < -0.4 is 15.4 Å². The highest BCUT2D eigenvalue weighted by Crippen LogP contribution is 2.29. The zero-order valence-electron chi connectivity index (χ0n) is 16.0. The summed E-state index contributed by atoms with van der Waals surface area (Å²) in [5.74, 6) is -0.865. The highest BCUT2D eigenvalue weighted by Gasteiger charge is 2.17. The topological polar surface area (TPSA) is 75.2 Å². The van der Waals surface area contributed by atoms with Gasteiger partial charge in [0.1, 0.15) is 11.5 Å². The highest BCUT2D eigenvalue weighted by atomic mass is 35.5. The lowest BCUT2D eigenvalue weighted by molar-refractivity contribution is 0.101. The highest BCUT2D eigenvalue weighted by molar-refractivity contribution is 7.98. The van der Waals surface area contributed by atoms with Crippen LogP contribution in [0.2, 0.25) is 5.02 Å². The lowest BCUT2D eigenvalue weighted by atomic mass is 10.2. The van der Waals surface area contributed by atoms with E-state index >= 15 is 0 Å². The Morgan fingerprint density at radius 1 is 1.14 bits per heavy atom. The number of aromatic nitrogens is 1. The number of urea groups is 1. The number of amides is 3. The molecule has 0 radical (unpaired) electrons. The Kier molecular flexibility index (Phi) is 6.34. The second-order valence-electron chi connectivity index (χ2n) is 6.69. The molecule has 0 fully saturated rings. The Morgan fingerprint density at radius 3 is 2.48 bits per heavy atom. The summed E-state index contributed by atoms with van der Waals surface area (Å²) in [4.78, 5) is 25.1. The van der Waals surface area contributed by atoms with Crippen molar-refractivity contribution in [2.45, 2.75) is 24.8 Å². The maximum atomic E-state index is 13.7. The summed E-state index contributed by atoms with van der Waals surface area (Å²) in [6, 6.07) is 11.2. The maximum absolute atomic E-state index is 13.7. The molecule has 0 aliphatic heterocycles. The molecule has 6 nitrogen and oxygen atoms in total. The minimum absolute atomic E-state index is 0.00692. The standard InChI is InChI=1S/C20H20ClFN4O2S/c1-11(2)23-20(28)25-29-13-6-4-12(5-7-13)24-19(27)17-10-14-16(26(17)3)9-8-15(22)18(14)21/h4-11H,1-3H3,(H,24,27)(H2,23,25,28). The fourth-order valence-electron chi connectivity index (χ4n) is 2.77. The fourth-order valence-corrected chi connectivity index (χ4v) is 3.52. The molecule has 29 heavy (non-hydrogen) atoms. The Hall–Kier alpha value is -2.71. The number of hydrogen-bond acceptors (Lipinski definition) is 3. The first-order chi connectivity index (χ1) is 13.8. The van der Waals surface area contributed by atoms with Gasteiger partial charge in [0.05, 0.1) is 10.5 Å². The largest absolute Gasteiger partial charge is 0.340 e. The number of anilines is 1. The summed E-state index contributed by atoms with van der Waals surface area (Å²) >= 11 is 7.19. The van der Waals surface area contributed by atoms with Crippen molar-refractivity contribution in [3.8, 4) is 0 Å². The number of aryl methyl sites for hydroxylation is 1. The molecule has 2 aromatic carbocycles. The van der Waals surface area contributed by atoms with Crippen molar-refractivity contribution in [2.24, 2.45) is 7.05 Å². The van der Waals surface area contributed by atoms with Crippen LogP contribution in [0.3, 0.4) is 0 Å². The van der Waals surface area contributed by atoms with Crippen molar-refractivity contribution in [1.82, 2.24) is 14.6 Å². The van der Waals surface area contributed by atoms with Crippen LogP contribution in [0, 0.1) is 5.82 Å². The molecule has 0 saturated heterocycles. The molecule has 152 valence electrons. The van der Waals surface area contributed by atoms with Gasteiger partial charge in [0.15, 0.2) is 0 Å². The molecular weight excluding hydrogens is 415 g/mol. The number of benzene rings is 2. The summed E-state index contributed by atoms with van der Waals surface area (Å²) in [5, 5.41) is 6.01. The van der Waals surface area contributed by atoms with Crippen LogP contribution in [0.1, 0.15) is 24.3 Å². The van der Waals surface area contributed by atoms with Crippen molar-refractivity contribution in [2.75, 3.05) is 5.32 Å². The van der Waals surface area contributed by atoms with E-state index in [-0.39, 0.29) is 23.0 Å². The second kappa shape index (κ2) is 8.75. The summed E-state index contributed by atoms with van der Waals surface area (Å²) in [6.45, 7) is 3.75. The number of hydrogen-bond donors (Lipinski definition) is 3. The normalized spacial score (nSPS) is 11.0. The number of rotatable bonds is 5. The number of halogens is 2. The molecule has 0 bridgehead atoms. The fraction of sp³-hybridized carbons (Fsp3) is 0.200. The molecule has 9 heteroatoms. The molecule has 0 spiro atoms. The van der Waals surface area contributed by atoms with Crippen molar-refractivity contribution < 1.29 is 14.0 Å². The average molecular weight is 435 g/mol. The van der Waals surface area contributed by atoms with E-state index in [1.54, 1.807) is 48.0 Å². The Labute approximate surface area is 176 Å². The number of nitrogens with one attached hydrogen (secondary N) is 3. The van der Waals surface area contributed by atoms with Crippen LogP contribution in [0.15, 0.2) is 47.4 Å². The lowest BCUT2D eigenvalue weighted by Crippen LogP contribution is -2.36. The first kappa shape index (κ1) is 21.0. The third-order valence-corrected chi connectivity index (χ3v) is 5.32. The average Bonchev–Trinajstić information content (AvgIpc) is 3.01. The molecule has 3 amide bonds. The monoisotopic (exact) mass is 434 g/mol. The van der Waals surface area contributed by atoms with E-state index < -0.39 is 5.82 Å². The quantitative estimate of drug-likeness (QED) is 0.498. The van der Waals surface area contributed by atoms with Crippen molar-refractivity contribution >= 4 is 52.1 Å². The number of nitrogens with zero attached hydrogens (tertiary/aromatic N) is 1. The van der Waals surface area contributed by atoms with E-state index in [1.165, 1.54) is 18.0 Å². The molecule has 0 aliphatic carbocycles. The first-order valence-electron chi connectivity index (χ1n) is 8.84. The van der Waals surface area contributed by atoms with Crippen LogP contribution in [0.4, 0.5) is 14.9 Å². The lowest BCUT2D eigenvalue weighted by Gasteiger charge is -2.10. The molecule has 0 unspecified atom stereocenters. The number of carbonyl (C=O) groups is 2. The Bertz CT molecular complexity index is 1070. The number of fused-ring (bicyclic) bond motifs is 1. The first-order valence-corrected chi connectivity index (χ1v) is 10.0. The SMILES string of the molecule is CC(C)NC(=O)NSc1ccc(NC(=O)c2cc3c(Cl)c(F)ccc3n2C)cc1. The van der Waals surface area contributed by atoms with Crippen LogP contribution in [-0.4, -0.2) is 22.5 Å². The smallest absolute Gasteiger partial charge is 0.325 e. The third-order valence-electron chi connectivity index (χ3n) is 4.14. The van der Waals surface area contributed by atoms with Gasteiger partial charge in [0.25, 0.3) is 5.91 Å².